The van der Waals surface area contributed by atoms with Crippen molar-refractivity contribution in [1.82, 2.24) is 10.2 Å². The number of hydrogen-bond acceptors (Lipinski definition) is 6. The van der Waals surface area contributed by atoms with E-state index >= 15 is 0 Å². The molecule has 0 heterocycles. The van der Waals surface area contributed by atoms with Crippen molar-refractivity contribution in [2.24, 2.45) is 0 Å². The average molecular weight is 472 g/mol. The van der Waals surface area contributed by atoms with Gasteiger partial charge in [0.15, 0.2) is 6.61 Å². The second-order valence-electron chi connectivity index (χ2n) is 7.90. The summed E-state index contributed by atoms with van der Waals surface area (Å²) in [6.07, 6.45) is 2.26. The van der Waals surface area contributed by atoms with E-state index in [0.717, 1.165) is 24.0 Å². The average Bonchev–Trinajstić information content (AvgIpc) is 2.83. The number of ether oxygens (including phenoxy) is 2. The molecule has 0 unspecified atom stereocenters. The van der Waals surface area contributed by atoms with Gasteiger partial charge in [0.1, 0.15) is 11.8 Å². The van der Waals surface area contributed by atoms with Gasteiger partial charge in [-0.2, -0.15) is 0 Å². The van der Waals surface area contributed by atoms with Crippen LogP contribution in [-0.4, -0.2) is 47.9 Å². The van der Waals surface area contributed by atoms with E-state index in [1.54, 1.807) is 0 Å². The minimum Gasteiger partial charge on any atom is -0.490 e. The summed E-state index contributed by atoms with van der Waals surface area (Å²) < 4.78 is 10.7. The number of nitro benzene ring substituents is 1. The van der Waals surface area contributed by atoms with E-state index in [0.29, 0.717) is 13.0 Å². The van der Waals surface area contributed by atoms with Crippen molar-refractivity contribution >= 4 is 17.5 Å². The Morgan fingerprint density at radius 2 is 1.91 bits per heavy atom. The van der Waals surface area contributed by atoms with Crippen molar-refractivity contribution in [3.05, 3.63) is 63.7 Å². The molecule has 2 aromatic carbocycles. The van der Waals surface area contributed by atoms with E-state index in [1.807, 2.05) is 45.0 Å². The maximum absolute atomic E-state index is 13.3. The SMILES string of the molecule is CCCCNC(=O)[C@H](CC)N(Cc1ccccc1C)C(=O)COc1ccc([N+](=O)[O-])c(OC)c1. The molecule has 1 N–H and O–H groups in total. The van der Waals surface area contributed by atoms with E-state index in [4.69, 9.17) is 9.47 Å². The number of carbonyl (C=O) groups is 2. The van der Waals surface area contributed by atoms with Gasteiger partial charge in [0.05, 0.1) is 12.0 Å². The molecular formula is C25H33N3O6. The normalized spacial score (nSPS) is 11.4. The van der Waals surface area contributed by atoms with Crippen LogP contribution in [0.3, 0.4) is 0 Å². The molecule has 9 nitrogen and oxygen atoms in total. The van der Waals surface area contributed by atoms with Gasteiger partial charge in [-0.3, -0.25) is 19.7 Å². The Kier molecular flexibility index (Phi) is 10.3. The zero-order valence-corrected chi connectivity index (χ0v) is 20.2. The number of aryl methyl sites for hydroxylation is 1. The highest BCUT2D eigenvalue weighted by molar-refractivity contribution is 5.88. The second kappa shape index (κ2) is 13.2. The topological polar surface area (TPSA) is 111 Å². The lowest BCUT2D eigenvalue weighted by Gasteiger charge is -2.31. The van der Waals surface area contributed by atoms with Gasteiger partial charge in [-0.1, -0.05) is 44.5 Å². The van der Waals surface area contributed by atoms with Crippen LogP contribution in [0.4, 0.5) is 5.69 Å². The molecule has 2 rings (SSSR count). The summed E-state index contributed by atoms with van der Waals surface area (Å²) in [6.45, 7) is 6.35. The molecule has 184 valence electrons. The predicted molar refractivity (Wildman–Crippen MR) is 129 cm³/mol. The first-order chi connectivity index (χ1) is 16.3. The van der Waals surface area contributed by atoms with Crippen molar-refractivity contribution < 1.29 is 24.0 Å². The summed E-state index contributed by atoms with van der Waals surface area (Å²) in [7, 11) is 1.32. The number of benzene rings is 2. The highest BCUT2D eigenvalue weighted by atomic mass is 16.6. The van der Waals surface area contributed by atoms with Crippen LogP contribution in [0.15, 0.2) is 42.5 Å². The quantitative estimate of drug-likeness (QED) is 0.268. The summed E-state index contributed by atoms with van der Waals surface area (Å²) >= 11 is 0. The van der Waals surface area contributed by atoms with Crippen LogP contribution in [0.2, 0.25) is 0 Å². The third kappa shape index (κ3) is 7.19. The Balaban J connectivity index is 2.23. The molecule has 1 atom stereocenters. The van der Waals surface area contributed by atoms with E-state index in [-0.39, 0.29) is 42.2 Å². The fraction of sp³-hybridized carbons (Fsp3) is 0.440. The van der Waals surface area contributed by atoms with Gasteiger partial charge >= 0.3 is 5.69 Å². The summed E-state index contributed by atoms with van der Waals surface area (Å²) in [6, 6.07) is 11.1. The number of nitrogens with zero attached hydrogens (tertiary/aromatic N) is 2. The molecule has 0 saturated carbocycles. The fourth-order valence-electron chi connectivity index (χ4n) is 3.52. The van der Waals surface area contributed by atoms with Crippen LogP contribution in [0.25, 0.3) is 0 Å². The monoisotopic (exact) mass is 471 g/mol. The Morgan fingerprint density at radius 3 is 2.53 bits per heavy atom. The van der Waals surface area contributed by atoms with E-state index in [9.17, 15) is 19.7 Å². The fourth-order valence-corrected chi connectivity index (χ4v) is 3.52. The van der Waals surface area contributed by atoms with Crippen molar-refractivity contribution in [1.29, 1.82) is 0 Å². The molecule has 0 radical (unpaired) electrons. The molecule has 0 aromatic heterocycles. The number of hydrogen-bond donors (Lipinski definition) is 1. The first kappa shape index (κ1) is 26.6. The third-order valence-electron chi connectivity index (χ3n) is 5.53. The van der Waals surface area contributed by atoms with E-state index < -0.39 is 11.0 Å². The molecule has 0 aliphatic heterocycles. The zero-order valence-electron chi connectivity index (χ0n) is 20.2. The van der Waals surface area contributed by atoms with Gasteiger partial charge in [-0.25, -0.2) is 0 Å². The minimum absolute atomic E-state index is 0.0356. The van der Waals surface area contributed by atoms with Gasteiger partial charge in [0.2, 0.25) is 11.7 Å². The minimum atomic E-state index is -0.654. The number of methoxy groups -OCH3 is 1. The van der Waals surface area contributed by atoms with Crippen LogP contribution in [-0.2, 0) is 16.1 Å². The summed E-state index contributed by atoms with van der Waals surface area (Å²) in [5, 5.41) is 14.0. The molecule has 2 aromatic rings. The maximum atomic E-state index is 13.3. The van der Waals surface area contributed by atoms with Crippen LogP contribution < -0.4 is 14.8 Å². The molecule has 0 fully saturated rings. The number of unbranched alkanes of at least 4 members (excludes halogenated alkanes) is 1. The Labute approximate surface area is 200 Å². The summed E-state index contributed by atoms with van der Waals surface area (Å²) in [4.78, 5) is 38.3. The van der Waals surface area contributed by atoms with Crippen LogP contribution >= 0.6 is 0 Å². The number of carbonyl (C=O) groups excluding carboxylic acids is 2. The standard InChI is InChI=1S/C25H33N3O6/c1-5-7-14-26-25(30)21(6-2)27(16-19-11-9-8-10-18(19)3)24(29)17-34-20-12-13-22(28(31)32)23(15-20)33-4/h8-13,15,21H,5-7,14,16-17H2,1-4H3,(H,26,30)/t21-/m0/s1. The highest BCUT2D eigenvalue weighted by Gasteiger charge is 2.29. The van der Waals surface area contributed by atoms with Crippen molar-refractivity contribution in [3.8, 4) is 11.5 Å². The largest absolute Gasteiger partial charge is 0.490 e. The van der Waals surface area contributed by atoms with Crippen molar-refractivity contribution in [2.75, 3.05) is 20.3 Å². The van der Waals surface area contributed by atoms with Gasteiger partial charge < -0.3 is 19.7 Å². The predicted octanol–water partition coefficient (Wildman–Crippen LogP) is 4.01. The Bertz CT molecular complexity index is 994. The molecule has 2 amide bonds. The molecule has 0 aliphatic carbocycles. The molecule has 0 saturated heterocycles. The number of nitrogens with one attached hydrogen (secondary N) is 1. The maximum Gasteiger partial charge on any atom is 0.311 e. The van der Waals surface area contributed by atoms with Crippen LogP contribution in [0.1, 0.15) is 44.2 Å². The number of amides is 2. The van der Waals surface area contributed by atoms with Gasteiger partial charge in [0.25, 0.3) is 5.91 Å². The summed E-state index contributed by atoms with van der Waals surface area (Å²) in [5.74, 6) is -0.270. The number of rotatable bonds is 13. The molecule has 0 aliphatic rings. The molecule has 9 heteroatoms. The molecular weight excluding hydrogens is 438 g/mol. The van der Waals surface area contributed by atoms with Crippen LogP contribution in [0.5, 0.6) is 11.5 Å². The Morgan fingerprint density at radius 1 is 1.18 bits per heavy atom. The first-order valence-corrected chi connectivity index (χ1v) is 11.4. The van der Waals surface area contributed by atoms with Crippen molar-refractivity contribution in [3.63, 3.8) is 0 Å². The lowest BCUT2D eigenvalue weighted by Crippen LogP contribution is -2.50. The second-order valence-corrected chi connectivity index (χ2v) is 7.90. The smallest absolute Gasteiger partial charge is 0.311 e. The molecule has 0 bridgehead atoms. The molecule has 0 spiro atoms. The van der Waals surface area contributed by atoms with Gasteiger partial charge in [-0.15, -0.1) is 0 Å². The van der Waals surface area contributed by atoms with E-state index in [1.165, 1.54) is 30.2 Å². The van der Waals surface area contributed by atoms with Gasteiger partial charge in [0, 0.05) is 25.2 Å². The molecule has 34 heavy (non-hydrogen) atoms. The zero-order chi connectivity index (χ0) is 25.1. The lowest BCUT2D eigenvalue weighted by molar-refractivity contribution is -0.385. The lowest BCUT2D eigenvalue weighted by atomic mass is 10.1. The highest BCUT2D eigenvalue weighted by Crippen LogP contribution is 2.30. The van der Waals surface area contributed by atoms with Crippen molar-refractivity contribution in [2.45, 2.75) is 52.6 Å². The Hall–Kier alpha value is -3.62. The number of nitro groups is 1. The third-order valence-corrected chi connectivity index (χ3v) is 5.53. The van der Waals surface area contributed by atoms with Gasteiger partial charge in [-0.05, 0) is 37.0 Å². The first-order valence-electron chi connectivity index (χ1n) is 11.4. The summed E-state index contributed by atoms with van der Waals surface area (Å²) in [5.41, 5.74) is 1.76. The van der Waals surface area contributed by atoms with Crippen LogP contribution in [0, 0.1) is 17.0 Å². The van der Waals surface area contributed by atoms with E-state index in [2.05, 4.69) is 5.32 Å².